The molecule has 0 aromatic rings. The fourth-order valence-corrected chi connectivity index (χ4v) is 3.80. The molecule has 2 N–H and O–H groups in total. The lowest BCUT2D eigenvalue weighted by molar-refractivity contribution is 0.0705. The molecule has 0 amide bonds. The Kier molecular flexibility index (Phi) is 3.50. The maximum absolute atomic E-state index is 12.2. The standard InChI is InChI=1S/C9H19N3O3S/c1-8-6-12(7-9(8)10)16(13,14)11-2-4-15-5-3-11/h8-9H,2-7,10H2,1H3. The molecule has 2 heterocycles. The van der Waals surface area contributed by atoms with E-state index in [4.69, 9.17) is 10.5 Å². The van der Waals surface area contributed by atoms with Crippen LogP contribution in [0.1, 0.15) is 6.92 Å². The van der Waals surface area contributed by atoms with Crippen LogP contribution in [0.3, 0.4) is 0 Å². The molecule has 0 spiro atoms. The highest BCUT2D eigenvalue weighted by atomic mass is 32.2. The number of rotatable bonds is 2. The Labute approximate surface area is 96.5 Å². The molecule has 0 bridgehead atoms. The number of hydrogen-bond donors (Lipinski definition) is 1. The van der Waals surface area contributed by atoms with Gasteiger partial charge in [0.25, 0.3) is 10.2 Å². The summed E-state index contributed by atoms with van der Waals surface area (Å²) in [4.78, 5) is 0. The third-order valence-corrected chi connectivity index (χ3v) is 5.23. The third-order valence-electron chi connectivity index (χ3n) is 3.26. The molecule has 2 unspecified atom stereocenters. The highest BCUT2D eigenvalue weighted by Crippen LogP contribution is 2.20. The molecule has 16 heavy (non-hydrogen) atoms. The Morgan fingerprint density at radius 1 is 1.19 bits per heavy atom. The average molecular weight is 249 g/mol. The summed E-state index contributed by atoms with van der Waals surface area (Å²) in [5, 5.41) is 0. The van der Waals surface area contributed by atoms with Crippen LogP contribution in [0.15, 0.2) is 0 Å². The van der Waals surface area contributed by atoms with Crippen LogP contribution in [0.4, 0.5) is 0 Å². The van der Waals surface area contributed by atoms with E-state index in [1.165, 1.54) is 8.61 Å². The van der Waals surface area contributed by atoms with Gasteiger partial charge in [0.1, 0.15) is 0 Å². The molecule has 0 saturated carbocycles. The van der Waals surface area contributed by atoms with Crippen LogP contribution in [0, 0.1) is 5.92 Å². The Balaban J connectivity index is 2.07. The summed E-state index contributed by atoms with van der Waals surface area (Å²) in [6, 6.07) is -0.0455. The molecule has 0 radical (unpaired) electrons. The first-order valence-corrected chi connectivity index (χ1v) is 7.00. The summed E-state index contributed by atoms with van der Waals surface area (Å²) in [6.45, 7) is 4.80. The van der Waals surface area contributed by atoms with Crippen LogP contribution in [-0.4, -0.2) is 62.5 Å². The second kappa shape index (κ2) is 4.58. The maximum Gasteiger partial charge on any atom is 0.282 e. The number of nitrogens with zero attached hydrogens (tertiary/aromatic N) is 2. The monoisotopic (exact) mass is 249 g/mol. The SMILES string of the molecule is CC1CN(S(=O)(=O)N2CCOCC2)CC1N. The van der Waals surface area contributed by atoms with Crippen LogP contribution in [0.2, 0.25) is 0 Å². The minimum absolute atomic E-state index is 0.0455. The maximum atomic E-state index is 12.2. The zero-order chi connectivity index (χ0) is 11.8. The number of hydrogen-bond acceptors (Lipinski definition) is 4. The third kappa shape index (κ3) is 2.23. The minimum Gasteiger partial charge on any atom is -0.379 e. The van der Waals surface area contributed by atoms with E-state index >= 15 is 0 Å². The molecular weight excluding hydrogens is 230 g/mol. The number of nitrogens with two attached hydrogens (primary N) is 1. The van der Waals surface area contributed by atoms with Crippen molar-refractivity contribution in [2.75, 3.05) is 39.4 Å². The predicted octanol–water partition coefficient (Wildman–Crippen LogP) is -1.16. The summed E-state index contributed by atoms with van der Waals surface area (Å²) in [6.07, 6.45) is 0. The van der Waals surface area contributed by atoms with Gasteiger partial charge in [-0.25, -0.2) is 0 Å². The largest absolute Gasteiger partial charge is 0.379 e. The summed E-state index contributed by atoms with van der Waals surface area (Å²) in [7, 11) is -3.32. The molecule has 2 saturated heterocycles. The molecule has 94 valence electrons. The van der Waals surface area contributed by atoms with Crippen molar-refractivity contribution in [3.05, 3.63) is 0 Å². The van der Waals surface area contributed by atoms with Crippen molar-refractivity contribution in [1.82, 2.24) is 8.61 Å². The topological polar surface area (TPSA) is 75.9 Å². The van der Waals surface area contributed by atoms with Gasteiger partial charge in [-0.3, -0.25) is 0 Å². The van der Waals surface area contributed by atoms with E-state index in [0.29, 0.717) is 39.4 Å². The van der Waals surface area contributed by atoms with Gasteiger partial charge in [0.2, 0.25) is 0 Å². The van der Waals surface area contributed by atoms with Gasteiger partial charge in [-0.15, -0.1) is 0 Å². The smallest absolute Gasteiger partial charge is 0.282 e. The van der Waals surface area contributed by atoms with Gasteiger partial charge in [-0.2, -0.15) is 17.0 Å². The highest BCUT2D eigenvalue weighted by molar-refractivity contribution is 7.86. The summed E-state index contributed by atoms with van der Waals surface area (Å²) < 4.78 is 32.6. The Morgan fingerprint density at radius 2 is 1.81 bits per heavy atom. The van der Waals surface area contributed by atoms with Gasteiger partial charge in [0.05, 0.1) is 13.2 Å². The van der Waals surface area contributed by atoms with Crippen LogP contribution < -0.4 is 5.73 Å². The normalized spacial score (nSPS) is 34.4. The molecule has 0 aromatic carbocycles. The van der Waals surface area contributed by atoms with Gasteiger partial charge in [-0.1, -0.05) is 6.92 Å². The first-order valence-electron chi connectivity index (χ1n) is 5.60. The van der Waals surface area contributed by atoms with Crippen molar-refractivity contribution in [2.24, 2.45) is 11.7 Å². The quantitative estimate of drug-likeness (QED) is 0.670. The van der Waals surface area contributed by atoms with E-state index in [9.17, 15) is 8.42 Å². The van der Waals surface area contributed by atoms with Crippen LogP contribution in [0.5, 0.6) is 0 Å². The average Bonchev–Trinajstić information content (AvgIpc) is 2.61. The lowest BCUT2D eigenvalue weighted by Gasteiger charge is -2.30. The minimum atomic E-state index is -3.32. The zero-order valence-electron chi connectivity index (χ0n) is 9.50. The zero-order valence-corrected chi connectivity index (χ0v) is 10.3. The fraction of sp³-hybridized carbons (Fsp3) is 1.00. The molecular formula is C9H19N3O3S. The van der Waals surface area contributed by atoms with Crippen molar-refractivity contribution in [1.29, 1.82) is 0 Å². The van der Waals surface area contributed by atoms with Crippen LogP contribution >= 0.6 is 0 Å². The van der Waals surface area contributed by atoms with Gasteiger partial charge >= 0.3 is 0 Å². The summed E-state index contributed by atoms with van der Waals surface area (Å²) in [5.74, 6) is 0.232. The fourth-order valence-electron chi connectivity index (χ4n) is 2.08. The van der Waals surface area contributed by atoms with Crippen LogP contribution in [0.25, 0.3) is 0 Å². The van der Waals surface area contributed by atoms with E-state index in [1.807, 2.05) is 6.92 Å². The highest BCUT2D eigenvalue weighted by Gasteiger charge is 2.38. The van der Waals surface area contributed by atoms with Gasteiger partial charge in [0.15, 0.2) is 0 Å². The molecule has 2 atom stereocenters. The van der Waals surface area contributed by atoms with Gasteiger partial charge in [-0.05, 0) is 5.92 Å². The lowest BCUT2D eigenvalue weighted by Crippen LogP contribution is -2.48. The molecule has 2 aliphatic rings. The Hall–Kier alpha value is -0.210. The van der Waals surface area contributed by atoms with E-state index < -0.39 is 10.2 Å². The molecule has 2 aliphatic heterocycles. The molecule has 2 fully saturated rings. The number of morpholine rings is 1. The molecule has 0 aromatic heterocycles. The van der Waals surface area contributed by atoms with Gasteiger partial charge < -0.3 is 10.5 Å². The lowest BCUT2D eigenvalue weighted by atomic mass is 10.1. The van der Waals surface area contributed by atoms with Crippen molar-refractivity contribution < 1.29 is 13.2 Å². The van der Waals surface area contributed by atoms with E-state index in [-0.39, 0.29) is 12.0 Å². The molecule has 6 nitrogen and oxygen atoms in total. The van der Waals surface area contributed by atoms with Crippen LogP contribution in [-0.2, 0) is 14.9 Å². The Morgan fingerprint density at radius 3 is 2.31 bits per heavy atom. The molecule has 7 heteroatoms. The second-order valence-corrected chi connectivity index (χ2v) is 6.41. The van der Waals surface area contributed by atoms with Gasteiger partial charge in [0, 0.05) is 32.2 Å². The number of ether oxygens (including phenoxy) is 1. The summed E-state index contributed by atoms with van der Waals surface area (Å²) in [5.41, 5.74) is 5.85. The van der Waals surface area contributed by atoms with E-state index in [2.05, 4.69) is 0 Å². The Bertz CT molecular complexity index is 330. The van der Waals surface area contributed by atoms with E-state index in [1.54, 1.807) is 0 Å². The van der Waals surface area contributed by atoms with E-state index in [0.717, 1.165) is 0 Å². The summed E-state index contributed by atoms with van der Waals surface area (Å²) >= 11 is 0. The first kappa shape index (κ1) is 12.3. The van der Waals surface area contributed by atoms with Crippen molar-refractivity contribution in [2.45, 2.75) is 13.0 Å². The van der Waals surface area contributed by atoms with Crippen molar-refractivity contribution in [3.8, 4) is 0 Å². The second-order valence-electron chi connectivity index (χ2n) is 4.48. The van der Waals surface area contributed by atoms with Crippen molar-refractivity contribution >= 4 is 10.2 Å². The van der Waals surface area contributed by atoms with Crippen molar-refractivity contribution in [3.63, 3.8) is 0 Å². The predicted molar refractivity (Wildman–Crippen MR) is 60.0 cm³/mol. The molecule has 2 rings (SSSR count). The first-order chi connectivity index (χ1) is 7.51. The molecule has 0 aliphatic carbocycles.